The molecule has 0 aromatic heterocycles. The van der Waals surface area contributed by atoms with Gasteiger partial charge in [0.05, 0.1) is 11.1 Å². The number of nitrogens with zero attached hydrogens (tertiary/aromatic N) is 2. The first-order valence-electron chi connectivity index (χ1n) is 9.16. The smallest absolute Gasteiger partial charge is 0.262 e. The summed E-state index contributed by atoms with van der Waals surface area (Å²) in [5, 5.41) is 3.21. The van der Waals surface area contributed by atoms with Crippen LogP contribution < -0.4 is 10.2 Å². The minimum atomic E-state index is -0.923. The third-order valence-corrected chi connectivity index (χ3v) is 6.54. The van der Waals surface area contributed by atoms with E-state index < -0.39 is 23.8 Å². The fraction of sp³-hybridized carbons (Fsp3) is 0.474. The summed E-state index contributed by atoms with van der Waals surface area (Å²) in [5.74, 6) is -1.21. The number of halogens is 1. The molecule has 27 heavy (non-hydrogen) atoms. The zero-order chi connectivity index (χ0) is 19.1. The van der Waals surface area contributed by atoms with E-state index >= 15 is 0 Å². The van der Waals surface area contributed by atoms with Crippen LogP contribution in [0.5, 0.6) is 0 Å². The van der Waals surface area contributed by atoms with Gasteiger partial charge in [-0.2, -0.15) is 0 Å². The lowest BCUT2D eigenvalue weighted by molar-refractivity contribution is -0.136. The summed E-state index contributed by atoms with van der Waals surface area (Å²) in [6.45, 7) is 1.82. The molecule has 3 aliphatic rings. The first-order valence-corrected chi connectivity index (χ1v) is 10.3. The predicted octanol–water partition coefficient (Wildman–Crippen LogP) is 1.70. The maximum absolute atomic E-state index is 12.9. The average molecular weight is 434 g/mol. The molecule has 4 amide bonds. The maximum Gasteiger partial charge on any atom is 0.262 e. The first kappa shape index (κ1) is 18.2. The van der Waals surface area contributed by atoms with Crippen molar-refractivity contribution in [2.45, 2.75) is 31.7 Å². The number of hydrogen-bond acceptors (Lipinski definition) is 5. The second-order valence-electron chi connectivity index (χ2n) is 7.26. The maximum atomic E-state index is 12.9. The van der Waals surface area contributed by atoms with Crippen LogP contribution in [0.1, 0.15) is 46.4 Å². The minimum Gasteiger partial charge on any atom is -0.371 e. The Morgan fingerprint density at radius 2 is 1.70 bits per heavy atom. The Labute approximate surface area is 165 Å². The topological polar surface area (TPSA) is 86.8 Å². The van der Waals surface area contributed by atoms with E-state index in [1.54, 1.807) is 12.1 Å². The third kappa shape index (κ3) is 3.16. The van der Waals surface area contributed by atoms with Gasteiger partial charge < -0.3 is 4.90 Å². The van der Waals surface area contributed by atoms with Crippen molar-refractivity contribution in [3.05, 3.63) is 29.3 Å². The van der Waals surface area contributed by atoms with Gasteiger partial charge in [0.1, 0.15) is 6.04 Å². The zero-order valence-electron chi connectivity index (χ0n) is 14.7. The fourth-order valence-electron chi connectivity index (χ4n) is 4.00. The van der Waals surface area contributed by atoms with Crippen molar-refractivity contribution >= 4 is 45.2 Å². The summed E-state index contributed by atoms with van der Waals surface area (Å²) < 4.78 is 0. The van der Waals surface area contributed by atoms with E-state index in [2.05, 4.69) is 26.1 Å². The lowest BCUT2D eigenvalue weighted by Crippen LogP contribution is -2.54. The number of carbonyl (C=O) groups excluding carboxylic acids is 4. The molecular formula is C19H20BrN3O4. The van der Waals surface area contributed by atoms with E-state index in [1.165, 1.54) is 0 Å². The second-order valence-corrected chi connectivity index (χ2v) is 7.91. The van der Waals surface area contributed by atoms with Gasteiger partial charge in [-0.05, 0) is 43.4 Å². The molecule has 0 spiro atoms. The Morgan fingerprint density at radius 3 is 2.37 bits per heavy atom. The van der Waals surface area contributed by atoms with Crippen LogP contribution in [0.25, 0.3) is 0 Å². The molecule has 1 N–H and O–H groups in total. The number of fused-ring (bicyclic) bond motifs is 1. The Bertz CT molecular complexity index is 832. The number of hydrogen-bond donors (Lipinski definition) is 1. The quantitative estimate of drug-likeness (QED) is 0.578. The number of alkyl halides is 1. The average Bonchev–Trinajstić information content (AvgIpc) is 2.92. The molecule has 3 aliphatic heterocycles. The van der Waals surface area contributed by atoms with Crippen LogP contribution in [0.4, 0.5) is 5.69 Å². The van der Waals surface area contributed by atoms with Gasteiger partial charge in [-0.15, -0.1) is 0 Å². The molecule has 0 radical (unpaired) electrons. The van der Waals surface area contributed by atoms with Crippen molar-refractivity contribution in [2.24, 2.45) is 5.92 Å². The summed E-state index contributed by atoms with van der Waals surface area (Å²) in [6, 6.07) is 4.38. The standard InChI is InChI=1S/C19H20BrN3O4/c20-10-11-5-7-22(8-6-11)12-1-2-13-14(9-12)19(27)23(18(13)26)15-3-4-16(24)21-17(15)25/h1-2,9,11,15H,3-8,10H2,(H,21,24,25). The number of amides is 4. The van der Waals surface area contributed by atoms with Gasteiger partial charge in [0, 0.05) is 30.5 Å². The van der Waals surface area contributed by atoms with Crippen LogP contribution in [-0.4, -0.2) is 53.0 Å². The molecule has 8 heteroatoms. The lowest BCUT2D eigenvalue weighted by atomic mass is 9.98. The Balaban J connectivity index is 1.57. The summed E-state index contributed by atoms with van der Waals surface area (Å²) in [5.41, 5.74) is 1.58. The molecule has 7 nitrogen and oxygen atoms in total. The SMILES string of the molecule is O=C1CCC(N2C(=O)c3ccc(N4CCC(CBr)CC4)cc3C2=O)C(=O)N1. The first-order chi connectivity index (χ1) is 13.0. The normalized spacial score (nSPS) is 23.7. The number of piperidine rings is 2. The largest absolute Gasteiger partial charge is 0.371 e. The van der Waals surface area contributed by atoms with Gasteiger partial charge in [0.15, 0.2) is 0 Å². The molecule has 0 saturated carbocycles. The predicted molar refractivity (Wildman–Crippen MR) is 102 cm³/mol. The van der Waals surface area contributed by atoms with E-state index in [4.69, 9.17) is 0 Å². The van der Waals surface area contributed by atoms with Gasteiger partial charge in [-0.3, -0.25) is 29.4 Å². The molecule has 1 unspecified atom stereocenters. The van der Waals surface area contributed by atoms with Crippen LogP contribution in [0.15, 0.2) is 18.2 Å². The summed E-state index contributed by atoms with van der Waals surface area (Å²) in [6.07, 6.45) is 2.45. The molecule has 4 rings (SSSR count). The van der Waals surface area contributed by atoms with Crippen LogP contribution in [0.2, 0.25) is 0 Å². The van der Waals surface area contributed by atoms with Crippen molar-refractivity contribution in [3.8, 4) is 0 Å². The number of anilines is 1. The number of imide groups is 2. The molecule has 3 heterocycles. The van der Waals surface area contributed by atoms with Crippen LogP contribution >= 0.6 is 15.9 Å². The molecule has 1 atom stereocenters. The summed E-state index contributed by atoms with van der Waals surface area (Å²) >= 11 is 3.54. The van der Waals surface area contributed by atoms with Gasteiger partial charge in [0.25, 0.3) is 11.8 Å². The van der Waals surface area contributed by atoms with Crippen LogP contribution in [-0.2, 0) is 9.59 Å². The Kier molecular flexibility index (Phi) is 4.75. The minimum absolute atomic E-state index is 0.123. The number of benzene rings is 1. The monoisotopic (exact) mass is 433 g/mol. The number of nitrogens with one attached hydrogen (secondary N) is 1. The van der Waals surface area contributed by atoms with Gasteiger partial charge in [-0.1, -0.05) is 15.9 Å². The van der Waals surface area contributed by atoms with Crippen LogP contribution in [0.3, 0.4) is 0 Å². The van der Waals surface area contributed by atoms with E-state index in [1.807, 2.05) is 6.07 Å². The summed E-state index contributed by atoms with van der Waals surface area (Å²) in [7, 11) is 0. The highest BCUT2D eigenvalue weighted by molar-refractivity contribution is 9.09. The second kappa shape index (κ2) is 7.07. The molecule has 0 bridgehead atoms. The Hall–Kier alpha value is -2.22. The highest BCUT2D eigenvalue weighted by Crippen LogP contribution is 2.32. The van der Waals surface area contributed by atoms with Crippen molar-refractivity contribution in [3.63, 3.8) is 0 Å². The van der Waals surface area contributed by atoms with E-state index in [-0.39, 0.29) is 18.7 Å². The van der Waals surface area contributed by atoms with Crippen molar-refractivity contribution < 1.29 is 19.2 Å². The molecule has 2 fully saturated rings. The molecular weight excluding hydrogens is 414 g/mol. The molecule has 1 aromatic rings. The highest BCUT2D eigenvalue weighted by atomic mass is 79.9. The summed E-state index contributed by atoms with van der Waals surface area (Å²) in [4.78, 5) is 52.3. The Morgan fingerprint density at radius 1 is 1.00 bits per heavy atom. The number of carbonyl (C=O) groups is 4. The van der Waals surface area contributed by atoms with Crippen LogP contribution in [0, 0.1) is 5.92 Å². The lowest BCUT2D eigenvalue weighted by Gasteiger charge is -2.33. The number of rotatable bonds is 3. The molecule has 1 aromatic carbocycles. The van der Waals surface area contributed by atoms with E-state index in [0.717, 1.165) is 41.8 Å². The van der Waals surface area contributed by atoms with Crippen molar-refractivity contribution in [1.82, 2.24) is 10.2 Å². The molecule has 2 saturated heterocycles. The molecule has 142 valence electrons. The molecule has 0 aliphatic carbocycles. The highest BCUT2D eigenvalue weighted by Gasteiger charge is 2.44. The van der Waals surface area contributed by atoms with Gasteiger partial charge >= 0.3 is 0 Å². The zero-order valence-corrected chi connectivity index (χ0v) is 16.3. The van der Waals surface area contributed by atoms with E-state index in [9.17, 15) is 19.2 Å². The van der Waals surface area contributed by atoms with Gasteiger partial charge in [-0.25, -0.2) is 0 Å². The van der Waals surface area contributed by atoms with Crippen molar-refractivity contribution in [1.29, 1.82) is 0 Å². The van der Waals surface area contributed by atoms with E-state index in [0.29, 0.717) is 17.0 Å². The fourth-order valence-corrected chi connectivity index (χ4v) is 4.65. The third-order valence-electron chi connectivity index (χ3n) is 5.62. The van der Waals surface area contributed by atoms with Gasteiger partial charge in [0.2, 0.25) is 11.8 Å². The van der Waals surface area contributed by atoms with Crippen molar-refractivity contribution in [2.75, 3.05) is 23.3 Å².